The highest BCUT2D eigenvalue weighted by Gasteiger charge is 2.20. The van der Waals surface area contributed by atoms with Gasteiger partial charge in [-0.05, 0) is 0 Å². The molecule has 2 aromatic rings. The number of thiazole rings is 1. The summed E-state index contributed by atoms with van der Waals surface area (Å²) >= 11 is 0.721. The van der Waals surface area contributed by atoms with Crippen LogP contribution in [0.3, 0.4) is 0 Å². The molecular formula is C10H4F4N2O2S. The number of benzene rings is 1. The highest BCUT2D eigenvalue weighted by atomic mass is 32.1. The molecule has 0 saturated carbocycles. The molecule has 0 saturated heterocycles. The first-order valence-corrected chi connectivity index (χ1v) is 5.57. The van der Waals surface area contributed by atoms with E-state index in [1.807, 2.05) is 5.32 Å². The van der Waals surface area contributed by atoms with Crippen molar-refractivity contribution in [2.24, 2.45) is 0 Å². The minimum atomic E-state index is -1.62. The van der Waals surface area contributed by atoms with Gasteiger partial charge in [0.25, 0.3) is 0 Å². The number of nitrogens with one attached hydrogen (secondary N) is 1. The number of halogens is 4. The van der Waals surface area contributed by atoms with Crippen LogP contribution in [0.25, 0.3) is 0 Å². The molecule has 0 aliphatic carbocycles. The van der Waals surface area contributed by atoms with Crippen LogP contribution in [-0.4, -0.2) is 16.1 Å². The van der Waals surface area contributed by atoms with Crippen LogP contribution in [-0.2, 0) is 0 Å². The second-order valence-electron chi connectivity index (χ2n) is 3.31. The van der Waals surface area contributed by atoms with Gasteiger partial charge in [0.2, 0.25) is 0 Å². The molecule has 0 spiro atoms. The van der Waals surface area contributed by atoms with Crippen molar-refractivity contribution in [3.63, 3.8) is 0 Å². The van der Waals surface area contributed by atoms with Crippen molar-refractivity contribution < 1.29 is 27.5 Å². The molecule has 1 aromatic heterocycles. The fraction of sp³-hybridized carbons (Fsp3) is 0. The van der Waals surface area contributed by atoms with Gasteiger partial charge in [-0.2, -0.15) is 0 Å². The van der Waals surface area contributed by atoms with E-state index in [0.29, 0.717) is 0 Å². The topological polar surface area (TPSA) is 62.2 Å². The summed E-state index contributed by atoms with van der Waals surface area (Å²) in [5.74, 6) is -7.72. The third kappa shape index (κ3) is 2.50. The molecule has 0 bridgehead atoms. The second kappa shape index (κ2) is 4.84. The first kappa shape index (κ1) is 13.3. The minimum absolute atomic E-state index is 0.0698. The third-order valence-electron chi connectivity index (χ3n) is 2.07. The van der Waals surface area contributed by atoms with Gasteiger partial charge in [0.1, 0.15) is 5.69 Å². The number of hydrogen-bond donors (Lipinski definition) is 2. The Labute approximate surface area is 107 Å². The molecule has 0 aliphatic heterocycles. The number of carboxylic acid groups (broad SMARTS) is 1. The zero-order valence-corrected chi connectivity index (χ0v) is 9.69. The maximum absolute atomic E-state index is 13.3. The van der Waals surface area contributed by atoms with Crippen LogP contribution >= 0.6 is 11.3 Å². The quantitative estimate of drug-likeness (QED) is 0.674. The number of carbonyl (C=O) groups is 1. The summed E-state index contributed by atoms with van der Waals surface area (Å²) in [6, 6.07) is 0.0698. The summed E-state index contributed by atoms with van der Waals surface area (Å²) in [5.41, 5.74) is -1.42. The van der Waals surface area contributed by atoms with E-state index >= 15 is 0 Å². The molecule has 4 nitrogen and oxygen atoms in total. The molecule has 0 amide bonds. The van der Waals surface area contributed by atoms with Crippen LogP contribution in [0.4, 0.5) is 28.4 Å². The summed E-state index contributed by atoms with van der Waals surface area (Å²) in [6.45, 7) is 0. The van der Waals surface area contributed by atoms with E-state index in [1.165, 1.54) is 0 Å². The van der Waals surface area contributed by atoms with Gasteiger partial charge in [-0.3, -0.25) is 0 Å². The van der Waals surface area contributed by atoms with E-state index in [-0.39, 0.29) is 16.9 Å². The molecule has 9 heteroatoms. The molecule has 1 aromatic carbocycles. The number of hydrogen-bond acceptors (Lipinski definition) is 4. The average molecular weight is 292 g/mol. The average Bonchev–Trinajstić information content (AvgIpc) is 2.81. The van der Waals surface area contributed by atoms with Gasteiger partial charge in [0, 0.05) is 11.4 Å². The van der Waals surface area contributed by atoms with Crippen molar-refractivity contribution in [2.45, 2.75) is 0 Å². The van der Waals surface area contributed by atoms with Gasteiger partial charge >= 0.3 is 5.97 Å². The Balaban J connectivity index is 2.40. The number of aromatic carboxylic acids is 1. The van der Waals surface area contributed by atoms with E-state index in [1.54, 1.807) is 0 Å². The molecule has 0 unspecified atom stereocenters. The van der Waals surface area contributed by atoms with Gasteiger partial charge in [-0.25, -0.2) is 27.3 Å². The van der Waals surface area contributed by atoms with E-state index < -0.39 is 34.9 Å². The summed E-state index contributed by atoms with van der Waals surface area (Å²) in [7, 11) is 0. The molecular weight excluding hydrogens is 288 g/mol. The van der Waals surface area contributed by atoms with Gasteiger partial charge in [0.05, 0.1) is 0 Å². The molecule has 2 N–H and O–H groups in total. The van der Waals surface area contributed by atoms with Crippen molar-refractivity contribution >= 4 is 28.1 Å². The second-order valence-corrected chi connectivity index (χ2v) is 4.17. The lowest BCUT2D eigenvalue weighted by Crippen LogP contribution is -2.03. The minimum Gasteiger partial charge on any atom is -0.476 e. The number of rotatable bonds is 3. The number of carboxylic acids is 1. The van der Waals surface area contributed by atoms with Crippen molar-refractivity contribution in [3.8, 4) is 0 Å². The zero-order chi connectivity index (χ0) is 14.2. The molecule has 0 fully saturated rings. The normalized spacial score (nSPS) is 10.5. The van der Waals surface area contributed by atoms with E-state index in [9.17, 15) is 22.4 Å². The Hall–Kier alpha value is -2.16. The Morgan fingerprint density at radius 1 is 1.21 bits per heavy atom. The van der Waals surface area contributed by atoms with Crippen LogP contribution in [0, 0.1) is 23.3 Å². The van der Waals surface area contributed by atoms with Gasteiger partial charge < -0.3 is 10.4 Å². The summed E-state index contributed by atoms with van der Waals surface area (Å²) in [5, 5.41) is 11.5. The fourth-order valence-electron chi connectivity index (χ4n) is 1.22. The highest BCUT2D eigenvalue weighted by molar-refractivity contribution is 7.14. The smallest absolute Gasteiger partial charge is 0.355 e. The van der Waals surface area contributed by atoms with Crippen molar-refractivity contribution in [2.75, 3.05) is 5.32 Å². The maximum Gasteiger partial charge on any atom is 0.355 e. The maximum atomic E-state index is 13.3. The van der Waals surface area contributed by atoms with E-state index in [0.717, 1.165) is 16.7 Å². The van der Waals surface area contributed by atoms with Gasteiger partial charge in [-0.15, -0.1) is 11.3 Å². The lowest BCUT2D eigenvalue weighted by atomic mass is 10.2. The molecule has 1 heterocycles. The highest BCUT2D eigenvalue weighted by Crippen LogP contribution is 2.28. The molecule has 0 atom stereocenters. The predicted octanol–water partition coefficient (Wildman–Crippen LogP) is 3.14. The first-order chi connectivity index (χ1) is 8.90. The Bertz CT molecular complexity index is 633. The van der Waals surface area contributed by atoms with Crippen molar-refractivity contribution in [3.05, 3.63) is 40.4 Å². The lowest BCUT2D eigenvalue weighted by molar-refractivity contribution is 0.0691. The molecule has 0 aliphatic rings. The Morgan fingerprint density at radius 3 is 2.26 bits per heavy atom. The summed E-state index contributed by atoms with van der Waals surface area (Å²) in [4.78, 5) is 14.0. The van der Waals surface area contributed by atoms with E-state index in [2.05, 4.69) is 4.98 Å². The zero-order valence-electron chi connectivity index (χ0n) is 8.88. The van der Waals surface area contributed by atoms with E-state index in [4.69, 9.17) is 5.11 Å². The van der Waals surface area contributed by atoms with Gasteiger partial charge in [-0.1, -0.05) is 0 Å². The number of nitrogens with zero attached hydrogens (tertiary/aromatic N) is 1. The third-order valence-corrected chi connectivity index (χ3v) is 2.82. The van der Waals surface area contributed by atoms with Gasteiger partial charge in [0.15, 0.2) is 34.1 Å². The monoisotopic (exact) mass is 292 g/mol. The predicted molar refractivity (Wildman–Crippen MR) is 58.6 cm³/mol. The Kier molecular flexibility index (Phi) is 3.38. The SMILES string of the molecule is O=C(O)c1csc(Nc2c(F)c(F)cc(F)c2F)n1. The van der Waals surface area contributed by atoms with Crippen molar-refractivity contribution in [1.82, 2.24) is 4.98 Å². The lowest BCUT2D eigenvalue weighted by Gasteiger charge is -2.07. The fourth-order valence-corrected chi connectivity index (χ4v) is 1.91. The van der Waals surface area contributed by atoms with Crippen LogP contribution < -0.4 is 5.32 Å². The van der Waals surface area contributed by atoms with Crippen LogP contribution in [0.2, 0.25) is 0 Å². The molecule has 2 rings (SSSR count). The molecule has 100 valence electrons. The molecule has 19 heavy (non-hydrogen) atoms. The first-order valence-electron chi connectivity index (χ1n) is 4.69. The standard InChI is InChI=1S/C10H4F4N2O2S/c11-3-1-4(12)7(14)8(6(3)13)16-10-15-5(2-19-10)9(17)18/h1-2H,(H,15,16)(H,17,18). The van der Waals surface area contributed by atoms with Crippen LogP contribution in [0.15, 0.2) is 11.4 Å². The summed E-state index contributed by atoms with van der Waals surface area (Å²) < 4.78 is 52.5. The number of anilines is 2. The Morgan fingerprint density at radius 2 is 1.79 bits per heavy atom. The van der Waals surface area contributed by atoms with Crippen LogP contribution in [0.1, 0.15) is 10.5 Å². The van der Waals surface area contributed by atoms with Crippen molar-refractivity contribution in [1.29, 1.82) is 0 Å². The van der Waals surface area contributed by atoms with Crippen LogP contribution in [0.5, 0.6) is 0 Å². The molecule has 0 radical (unpaired) electrons. The largest absolute Gasteiger partial charge is 0.476 e. The number of aromatic nitrogens is 1. The summed E-state index contributed by atoms with van der Waals surface area (Å²) in [6.07, 6.45) is 0.